The van der Waals surface area contributed by atoms with Crippen LogP contribution >= 0.6 is 11.6 Å². The van der Waals surface area contributed by atoms with Crippen LogP contribution in [0.1, 0.15) is 17.0 Å². The van der Waals surface area contributed by atoms with E-state index in [1.54, 1.807) is 46.4 Å². The summed E-state index contributed by atoms with van der Waals surface area (Å²) in [6, 6.07) is 7.96. The van der Waals surface area contributed by atoms with Gasteiger partial charge in [-0.25, -0.2) is 9.37 Å². The maximum Gasteiger partial charge on any atom is 0.191 e. The van der Waals surface area contributed by atoms with E-state index in [0.29, 0.717) is 40.8 Å². The summed E-state index contributed by atoms with van der Waals surface area (Å²) >= 11 is 6.74. The number of hydrogen-bond acceptors (Lipinski definition) is 6. The van der Waals surface area contributed by atoms with Crippen molar-refractivity contribution in [2.45, 2.75) is 45.9 Å². The van der Waals surface area contributed by atoms with Crippen LogP contribution in [0.5, 0.6) is 11.5 Å². The van der Waals surface area contributed by atoms with E-state index < -0.39 is 13.9 Å². The zero-order valence-electron chi connectivity index (χ0n) is 20.7. The third kappa shape index (κ3) is 4.88. The molecule has 0 atom stereocenters. The van der Waals surface area contributed by atoms with Crippen LogP contribution in [-0.4, -0.2) is 40.6 Å². The Balaban J connectivity index is 1.41. The average Bonchev–Trinajstić information content (AvgIpc) is 3.48. The number of fused-ring (bicyclic) bond motifs is 2. The largest absolute Gasteiger partial charge is 0.453 e. The summed E-state index contributed by atoms with van der Waals surface area (Å²) in [5.41, 5.74) is 3.43. The number of H-pyrrole nitrogens is 1. The minimum absolute atomic E-state index is 0.0729. The molecular weight excluding hydrogens is 499 g/mol. The summed E-state index contributed by atoms with van der Waals surface area (Å²) in [6.45, 7) is 10.0. The Morgan fingerprint density at radius 1 is 1.17 bits per heavy atom. The zero-order valence-corrected chi connectivity index (χ0v) is 22.4. The molecule has 0 bridgehead atoms. The van der Waals surface area contributed by atoms with Gasteiger partial charge in [0.15, 0.2) is 11.6 Å². The number of anilines is 1. The molecule has 5 rings (SSSR count). The van der Waals surface area contributed by atoms with E-state index >= 15 is 4.39 Å². The molecule has 0 radical (unpaired) electrons. The number of aryl methyl sites for hydroxylation is 1. The lowest BCUT2D eigenvalue weighted by atomic mass is 10.1. The van der Waals surface area contributed by atoms with Crippen molar-refractivity contribution >= 4 is 42.6 Å². The second kappa shape index (κ2) is 9.68. The summed E-state index contributed by atoms with van der Waals surface area (Å²) in [4.78, 5) is 4.50. The van der Waals surface area contributed by atoms with Gasteiger partial charge in [-0.1, -0.05) is 31.2 Å². The van der Waals surface area contributed by atoms with E-state index in [0.717, 1.165) is 22.9 Å². The molecule has 0 unspecified atom stereocenters. The first-order valence-electron chi connectivity index (χ1n) is 11.7. The molecular formula is C25H28ClFN6O2Si. The Kier molecular flexibility index (Phi) is 6.58. The van der Waals surface area contributed by atoms with Crippen LogP contribution in [0.4, 0.5) is 10.1 Å². The van der Waals surface area contributed by atoms with Crippen LogP contribution in [-0.2, 0) is 18.0 Å². The number of rotatable bonds is 8. The van der Waals surface area contributed by atoms with Crippen molar-refractivity contribution in [1.82, 2.24) is 19.7 Å². The SMILES string of the molecule is Cc1nc2ccc(Oc3ccc4c(c3Cl)CN(c3cn[nH]c3)N=C4)c(F)c2n1COCC[Si](C)(C)C. The van der Waals surface area contributed by atoms with E-state index in [9.17, 15) is 0 Å². The molecule has 11 heteroatoms. The third-order valence-corrected chi connectivity index (χ3v) is 8.23. The van der Waals surface area contributed by atoms with Crippen LogP contribution < -0.4 is 9.75 Å². The van der Waals surface area contributed by atoms with Gasteiger partial charge in [0.25, 0.3) is 0 Å². The molecule has 36 heavy (non-hydrogen) atoms. The predicted molar refractivity (Wildman–Crippen MR) is 142 cm³/mol. The van der Waals surface area contributed by atoms with Gasteiger partial charge in [0, 0.05) is 32.0 Å². The van der Waals surface area contributed by atoms with Gasteiger partial charge in [0.1, 0.15) is 23.8 Å². The molecule has 0 fully saturated rings. The van der Waals surface area contributed by atoms with E-state index in [1.165, 1.54) is 0 Å². The maximum absolute atomic E-state index is 15.7. The second-order valence-corrected chi connectivity index (χ2v) is 16.0. The molecule has 2 aromatic heterocycles. The van der Waals surface area contributed by atoms with Crippen molar-refractivity contribution in [3.63, 3.8) is 0 Å². The van der Waals surface area contributed by atoms with Crippen molar-refractivity contribution in [2.24, 2.45) is 5.10 Å². The molecule has 0 aliphatic carbocycles. The van der Waals surface area contributed by atoms with Gasteiger partial charge in [0.2, 0.25) is 0 Å². The van der Waals surface area contributed by atoms with E-state index in [4.69, 9.17) is 21.1 Å². The number of imidazole rings is 1. The Morgan fingerprint density at radius 2 is 1.97 bits per heavy atom. The van der Waals surface area contributed by atoms with E-state index in [-0.39, 0.29) is 12.5 Å². The highest BCUT2D eigenvalue weighted by Crippen LogP contribution is 2.38. The van der Waals surface area contributed by atoms with Gasteiger partial charge in [0.05, 0.1) is 35.2 Å². The fraction of sp³-hybridized carbons (Fsp3) is 0.320. The number of aromatic amines is 1. The number of ether oxygens (including phenoxy) is 2. The Bertz CT molecular complexity index is 1430. The van der Waals surface area contributed by atoms with Crippen molar-refractivity contribution in [3.8, 4) is 11.5 Å². The Labute approximate surface area is 214 Å². The van der Waals surface area contributed by atoms with Crippen molar-refractivity contribution < 1.29 is 13.9 Å². The molecule has 2 aromatic carbocycles. The van der Waals surface area contributed by atoms with Crippen LogP contribution in [0.3, 0.4) is 0 Å². The summed E-state index contributed by atoms with van der Waals surface area (Å²) in [5.74, 6) is 0.616. The molecule has 0 spiro atoms. The number of nitrogens with zero attached hydrogens (tertiary/aromatic N) is 5. The number of halogens is 2. The van der Waals surface area contributed by atoms with E-state index in [1.807, 2.05) is 13.0 Å². The molecule has 188 valence electrons. The smallest absolute Gasteiger partial charge is 0.191 e. The van der Waals surface area contributed by atoms with E-state index in [2.05, 4.69) is 39.9 Å². The molecule has 4 aromatic rings. The first-order chi connectivity index (χ1) is 17.2. The topological polar surface area (TPSA) is 80.6 Å². The average molecular weight is 527 g/mol. The molecule has 0 saturated heterocycles. The molecule has 1 aliphatic heterocycles. The molecule has 8 nitrogen and oxygen atoms in total. The van der Waals surface area contributed by atoms with Gasteiger partial charge in [-0.15, -0.1) is 0 Å². The highest BCUT2D eigenvalue weighted by molar-refractivity contribution is 6.76. The lowest BCUT2D eigenvalue weighted by molar-refractivity contribution is 0.0881. The normalized spacial score (nSPS) is 13.4. The fourth-order valence-electron chi connectivity index (χ4n) is 4.01. The zero-order chi connectivity index (χ0) is 25.4. The number of hydrazone groups is 1. The Morgan fingerprint density at radius 3 is 2.72 bits per heavy atom. The van der Waals surface area contributed by atoms with Crippen molar-refractivity contribution in [2.75, 3.05) is 11.6 Å². The van der Waals surface area contributed by atoms with Gasteiger partial charge in [-0.3, -0.25) is 10.1 Å². The van der Waals surface area contributed by atoms with Crippen molar-refractivity contribution in [1.29, 1.82) is 0 Å². The lowest BCUT2D eigenvalue weighted by Crippen LogP contribution is -2.22. The highest BCUT2D eigenvalue weighted by Gasteiger charge is 2.22. The Hall–Kier alpha value is -3.21. The molecule has 1 aliphatic rings. The monoisotopic (exact) mass is 526 g/mol. The lowest BCUT2D eigenvalue weighted by Gasteiger charge is -2.24. The molecule has 3 heterocycles. The quantitative estimate of drug-likeness (QED) is 0.215. The van der Waals surface area contributed by atoms with Crippen LogP contribution in [0, 0.1) is 12.7 Å². The minimum Gasteiger partial charge on any atom is -0.453 e. The van der Waals surface area contributed by atoms with Gasteiger partial charge >= 0.3 is 0 Å². The van der Waals surface area contributed by atoms with Gasteiger partial charge < -0.3 is 14.0 Å². The second-order valence-electron chi connectivity index (χ2n) is 9.99. The molecule has 1 N–H and O–H groups in total. The first kappa shape index (κ1) is 24.5. The summed E-state index contributed by atoms with van der Waals surface area (Å²) in [7, 11) is -1.22. The van der Waals surface area contributed by atoms with Crippen LogP contribution in [0.2, 0.25) is 30.7 Å². The first-order valence-corrected chi connectivity index (χ1v) is 15.8. The molecule has 0 saturated carbocycles. The summed E-state index contributed by atoms with van der Waals surface area (Å²) in [5, 5.41) is 13.4. The minimum atomic E-state index is -1.22. The standard InChI is InChI=1S/C25H28ClFN6O2Si/c1-16-31-20-6-8-22(24(27)25(20)32(16)15-34-9-10-36(2,3)4)35-21-7-5-17-11-30-33(14-19(17)23(21)26)18-12-28-29-13-18/h5-8,11-13H,9-10,14-15H2,1-4H3,(H,28,29). The number of benzene rings is 2. The third-order valence-electron chi connectivity index (χ3n) is 6.11. The van der Waals surface area contributed by atoms with Gasteiger partial charge in [-0.2, -0.15) is 10.2 Å². The number of hydrogen-bond donors (Lipinski definition) is 1. The van der Waals surface area contributed by atoms with Crippen LogP contribution in [0.25, 0.3) is 11.0 Å². The summed E-state index contributed by atoms with van der Waals surface area (Å²) in [6.07, 6.45) is 5.17. The predicted octanol–water partition coefficient (Wildman–Crippen LogP) is 6.32. The number of aromatic nitrogens is 4. The summed E-state index contributed by atoms with van der Waals surface area (Å²) < 4.78 is 29.4. The maximum atomic E-state index is 15.7. The highest BCUT2D eigenvalue weighted by atomic mass is 35.5. The van der Waals surface area contributed by atoms with Crippen molar-refractivity contribution in [3.05, 3.63) is 64.5 Å². The molecule has 0 amide bonds. The van der Waals surface area contributed by atoms with Gasteiger partial charge in [-0.05, 0) is 37.2 Å². The number of nitrogens with one attached hydrogen (secondary N) is 1. The fourth-order valence-corrected chi connectivity index (χ4v) is 5.04. The van der Waals surface area contributed by atoms with Crippen LogP contribution in [0.15, 0.2) is 41.8 Å².